The van der Waals surface area contributed by atoms with Gasteiger partial charge in [0.25, 0.3) is 0 Å². The van der Waals surface area contributed by atoms with Gasteiger partial charge in [-0.1, -0.05) is 25.4 Å². The number of nitrogens with one attached hydrogen (secondary N) is 1. The molecule has 0 atom stereocenters. The number of aromatic nitrogens is 3. The third kappa shape index (κ3) is 4.08. The summed E-state index contributed by atoms with van der Waals surface area (Å²) in [5, 5.41) is 19.3. The summed E-state index contributed by atoms with van der Waals surface area (Å²) >= 11 is 11.4. The van der Waals surface area contributed by atoms with Crippen LogP contribution in [0.15, 0.2) is 0 Å². The van der Waals surface area contributed by atoms with Crippen molar-refractivity contribution in [3.05, 3.63) is 10.4 Å². The molecular weight excluding hydrogens is 251 g/mol. The van der Waals surface area contributed by atoms with Crippen LogP contribution in [0, 0.1) is 5.41 Å². The van der Waals surface area contributed by atoms with Crippen LogP contribution in [0.3, 0.4) is 0 Å². The summed E-state index contributed by atoms with van der Waals surface area (Å²) in [5.41, 5.74) is -0.0600. The summed E-state index contributed by atoms with van der Waals surface area (Å²) in [6.45, 7) is 4.81. The van der Waals surface area contributed by atoms with Crippen molar-refractivity contribution in [1.29, 1.82) is 0 Å². The summed E-state index contributed by atoms with van der Waals surface area (Å²) in [6.07, 6.45) is 0.684. The van der Waals surface area contributed by atoms with Crippen molar-refractivity contribution < 1.29 is 5.11 Å². The van der Waals surface area contributed by atoms with E-state index in [9.17, 15) is 0 Å². The van der Waals surface area contributed by atoms with Crippen molar-refractivity contribution in [1.82, 2.24) is 15.2 Å². The molecule has 0 aliphatic carbocycles. The maximum Gasteiger partial charge on any atom is 0.245 e. The van der Waals surface area contributed by atoms with Gasteiger partial charge in [0.2, 0.25) is 5.28 Å². The molecular formula is C9H14Cl2N4O. The molecule has 0 spiro atoms. The standard InChI is InChI=1S/C9H14Cl2N4O/c1-9(2,3-4-16)5-12-7-6(10)14-15-8(11)13-7/h16H,3-5H2,1-2H3,(H,12,13,15). The van der Waals surface area contributed by atoms with Gasteiger partial charge in [-0.05, 0) is 23.4 Å². The third-order valence-electron chi connectivity index (χ3n) is 2.14. The fourth-order valence-electron chi connectivity index (χ4n) is 1.12. The van der Waals surface area contributed by atoms with Gasteiger partial charge < -0.3 is 10.4 Å². The first-order valence-corrected chi connectivity index (χ1v) is 5.61. The Hall–Kier alpha value is -0.650. The number of anilines is 1. The van der Waals surface area contributed by atoms with Crippen LogP contribution >= 0.6 is 23.2 Å². The Bertz CT molecular complexity index is 359. The summed E-state index contributed by atoms with van der Waals surface area (Å²) in [5.74, 6) is 0.410. The van der Waals surface area contributed by atoms with Gasteiger partial charge in [-0.2, -0.15) is 4.98 Å². The second-order valence-corrected chi connectivity index (χ2v) is 4.91. The highest BCUT2D eigenvalue weighted by atomic mass is 35.5. The quantitative estimate of drug-likeness (QED) is 0.852. The van der Waals surface area contributed by atoms with E-state index in [1.807, 2.05) is 13.8 Å². The average Bonchev–Trinajstić information content (AvgIpc) is 2.19. The maximum absolute atomic E-state index is 8.88. The molecule has 1 aromatic rings. The second-order valence-electron chi connectivity index (χ2n) is 4.21. The second kappa shape index (κ2) is 5.61. The molecule has 90 valence electrons. The van der Waals surface area contributed by atoms with Crippen molar-refractivity contribution in [2.45, 2.75) is 20.3 Å². The Labute approximate surface area is 104 Å². The van der Waals surface area contributed by atoms with Crippen LogP contribution in [0.1, 0.15) is 20.3 Å². The first-order valence-electron chi connectivity index (χ1n) is 4.85. The third-order valence-corrected chi connectivity index (χ3v) is 2.56. The minimum absolute atomic E-state index is 0.0480. The number of aliphatic hydroxyl groups is 1. The normalized spacial score (nSPS) is 11.6. The van der Waals surface area contributed by atoms with E-state index in [2.05, 4.69) is 20.5 Å². The van der Waals surface area contributed by atoms with Crippen LogP contribution in [0.2, 0.25) is 10.4 Å². The van der Waals surface area contributed by atoms with Crippen LogP contribution in [0.4, 0.5) is 5.82 Å². The molecule has 0 aliphatic rings. The number of hydrogen-bond acceptors (Lipinski definition) is 5. The Morgan fingerprint density at radius 3 is 2.62 bits per heavy atom. The summed E-state index contributed by atoms with van der Waals surface area (Å²) in [6, 6.07) is 0. The molecule has 0 unspecified atom stereocenters. The Morgan fingerprint density at radius 1 is 1.31 bits per heavy atom. The molecule has 0 fully saturated rings. The highest BCUT2D eigenvalue weighted by Crippen LogP contribution is 2.22. The first-order chi connectivity index (χ1) is 7.44. The molecule has 1 aromatic heterocycles. The SMILES string of the molecule is CC(C)(CCO)CNc1nc(Cl)nnc1Cl. The summed E-state index contributed by atoms with van der Waals surface area (Å²) in [4.78, 5) is 3.92. The lowest BCUT2D eigenvalue weighted by molar-refractivity contribution is 0.220. The predicted molar refractivity (Wildman–Crippen MR) is 63.8 cm³/mol. The zero-order valence-electron chi connectivity index (χ0n) is 9.17. The minimum Gasteiger partial charge on any atom is -0.396 e. The lowest BCUT2D eigenvalue weighted by Gasteiger charge is -2.24. The van der Waals surface area contributed by atoms with Gasteiger partial charge in [0.15, 0.2) is 11.0 Å². The largest absolute Gasteiger partial charge is 0.396 e. The topological polar surface area (TPSA) is 70.9 Å². The van der Waals surface area contributed by atoms with Crippen molar-refractivity contribution in [3.8, 4) is 0 Å². The predicted octanol–water partition coefficient (Wildman–Crippen LogP) is 2.00. The molecule has 1 rings (SSSR count). The molecule has 2 N–H and O–H groups in total. The van der Waals surface area contributed by atoms with Gasteiger partial charge in [-0.15, -0.1) is 10.2 Å². The van der Waals surface area contributed by atoms with Crippen LogP contribution in [-0.4, -0.2) is 33.4 Å². The van der Waals surface area contributed by atoms with Gasteiger partial charge in [-0.25, -0.2) is 0 Å². The average molecular weight is 265 g/mol. The first kappa shape index (κ1) is 13.4. The van der Waals surface area contributed by atoms with Crippen molar-refractivity contribution in [3.63, 3.8) is 0 Å². The molecule has 0 saturated heterocycles. The van der Waals surface area contributed by atoms with E-state index in [0.29, 0.717) is 18.8 Å². The lowest BCUT2D eigenvalue weighted by Crippen LogP contribution is -2.25. The van der Waals surface area contributed by atoms with E-state index in [4.69, 9.17) is 28.3 Å². The lowest BCUT2D eigenvalue weighted by atomic mass is 9.90. The number of rotatable bonds is 5. The monoisotopic (exact) mass is 264 g/mol. The molecule has 7 heteroatoms. The van der Waals surface area contributed by atoms with Crippen molar-refractivity contribution in [2.75, 3.05) is 18.5 Å². The molecule has 5 nitrogen and oxygen atoms in total. The van der Waals surface area contributed by atoms with Crippen molar-refractivity contribution in [2.24, 2.45) is 5.41 Å². The molecule has 1 heterocycles. The molecule has 16 heavy (non-hydrogen) atoms. The Balaban J connectivity index is 2.63. The van der Waals surface area contributed by atoms with E-state index in [-0.39, 0.29) is 22.5 Å². The fourth-order valence-corrected chi connectivity index (χ4v) is 1.39. The van der Waals surface area contributed by atoms with E-state index < -0.39 is 0 Å². The number of hydrogen-bond donors (Lipinski definition) is 2. The number of aliphatic hydroxyl groups excluding tert-OH is 1. The van der Waals surface area contributed by atoms with E-state index in [1.165, 1.54) is 0 Å². The van der Waals surface area contributed by atoms with Gasteiger partial charge in [0.1, 0.15) is 0 Å². The van der Waals surface area contributed by atoms with Gasteiger partial charge in [0.05, 0.1) is 0 Å². The molecule has 0 amide bonds. The number of halogens is 2. The van der Waals surface area contributed by atoms with Crippen molar-refractivity contribution >= 4 is 29.0 Å². The van der Waals surface area contributed by atoms with Gasteiger partial charge >= 0.3 is 0 Å². The van der Waals surface area contributed by atoms with E-state index in [1.54, 1.807) is 0 Å². The Kier molecular flexibility index (Phi) is 4.70. The van der Waals surface area contributed by atoms with E-state index >= 15 is 0 Å². The highest BCUT2D eigenvalue weighted by Gasteiger charge is 2.18. The maximum atomic E-state index is 8.88. The highest BCUT2D eigenvalue weighted by molar-refractivity contribution is 6.32. The van der Waals surface area contributed by atoms with Crippen LogP contribution in [0.25, 0.3) is 0 Å². The van der Waals surface area contributed by atoms with Crippen LogP contribution in [0.5, 0.6) is 0 Å². The zero-order valence-corrected chi connectivity index (χ0v) is 10.7. The van der Waals surface area contributed by atoms with Crippen LogP contribution < -0.4 is 5.32 Å². The fraction of sp³-hybridized carbons (Fsp3) is 0.667. The van der Waals surface area contributed by atoms with Gasteiger partial charge in [-0.3, -0.25) is 0 Å². The van der Waals surface area contributed by atoms with Gasteiger partial charge in [0, 0.05) is 13.2 Å². The van der Waals surface area contributed by atoms with Crippen LogP contribution in [-0.2, 0) is 0 Å². The van der Waals surface area contributed by atoms with E-state index in [0.717, 1.165) is 0 Å². The zero-order chi connectivity index (χ0) is 12.2. The molecule has 0 aliphatic heterocycles. The molecule has 0 bridgehead atoms. The Morgan fingerprint density at radius 2 is 2.00 bits per heavy atom. The summed E-state index contributed by atoms with van der Waals surface area (Å²) < 4.78 is 0. The molecule has 0 radical (unpaired) electrons. The smallest absolute Gasteiger partial charge is 0.245 e. The molecule has 0 saturated carbocycles. The molecule has 0 aromatic carbocycles. The summed E-state index contributed by atoms with van der Waals surface area (Å²) in [7, 11) is 0. The minimum atomic E-state index is -0.0600. The number of nitrogens with zero attached hydrogens (tertiary/aromatic N) is 3.